The van der Waals surface area contributed by atoms with Gasteiger partial charge in [-0.25, -0.2) is 4.79 Å². The Hall–Kier alpha value is -3.35. The highest BCUT2D eigenvalue weighted by Gasteiger charge is 2.34. The minimum absolute atomic E-state index is 0.283. The van der Waals surface area contributed by atoms with Crippen molar-refractivity contribution in [2.45, 2.75) is 72.6 Å². The molecule has 0 radical (unpaired) electrons. The number of benzene rings is 2. The lowest BCUT2D eigenvalue weighted by Crippen LogP contribution is -2.49. The molecule has 0 saturated heterocycles. The van der Waals surface area contributed by atoms with Gasteiger partial charge in [-0.3, -0.25) is 9.59 Å². The van der Waals surface area contributed by atoms with Crippen LogP contribution in [0.2, 0.25) is 0 Å². The fraction of sp³-hybridized carbons (Fsp3) is 0.444. The van der Waals surface area contributed by atoms with E-state index in [1.807, 2.05) is 69.3 Å². The molecule has 0 spiro atoms. The van der Waals surface area contributed by atoms with Gasteiger partial charge in [-0.05, 0) is 70.7 Å². The van der Waals surface area contributed by atoms with Crippen molar-refractivity contribution in [3.05, 3.63) is 65.2 Å². The Morgan fingerprint density at radius 3 is 2.15 bits per heavy atom. The number of hydrogen-bond acceptors (Lipinski definition) is 4. The largest absolute Gasteiger partial charge is 0.444 e. The number of carbonyl (C=O) groups excluding carboxylic acids is 3. The molecule has 7 heteroatoms. The van der Waals surface area contributed by atoms with Gasteiger partial charge in [0.05, 0.1) is 0 Å². The zero-order valence-electron chi connectivity index (χ0n) is 21.3. The topological polar surface area (TPSA) is 87.7 Å². The van der Waals surface area contributed by atoms with E-state index in [1.165, 1.54) is 4.90 Å². The first kappa shape index (κ1) is 26.9. The standard InChI is InChI=1S/C27H37N3O4/c1-8-20-13-15-21(16-14-20)24(25(32)29-22-12-10-9-11-19(22)4)30(18(2)3)23(31)17-28-26(33)34-27(5,6)7/h9-16,18,24H,8,17H2,1-7H3,(H,28,33)(H,29,32). The van der Waals surface area contributed by atoms with Crippen LogP contribution < -0.4 is 10.6 Å². The maximum absolute atomic E-state index is 13.6. The van der Waals surface area contributed by atoms with Crippen LogP contribution in [0, 0.1) is 6.92 Å². The molecule has 0 fully saturated rings. The Kier molecular flexibility index (Phi) is 9.24. The summed E-state index contributed by atoms with van der Waals surface area (Å²) in [6.07, 6.45) is 0.185. The number of carbonyl (C=O) groups is 3. The summed E-state index contributed by atoms with van der Waals surface area (Å²) in [5.41, 5.74) is 2.76. The van der Waals surface area contributed by atoms with Crippen LogP contribution in [0.25, 0.3) is 0 Å². The maximum atomic E-state index is 13.6. The summed E-state index contributed by atoms with van der Waals surface area (Å²) in [6.45, 7) is 12.6. The van der Waals surface area contributed by atoms with E-state index in [0.717, 1.165) is 17.5 Å². The van der Waals surface area contributed by atoms with Crippen molar-refractivity contribution in [3.63, 3.8) is 0 Å². The lowest BCUT2D eigenvalue weighted by molar-refractivity contribution is -0.140. The van der Waals surface area contributed by atoms with Crippen LogP contribution in [0.5, 0.6) is 0 Å². The first-order chi connectivity index (χ1) is 15.9. The van der Waals surface area contributed by atoms with Crippen molar-refractivity contribution in [3.8, 4) is 0 Å². The van der Waals surface area contributed by atoms with Gasteiger partial charge in [0.25, 0.3) is 5.91 Å². The minimum Gasteiger partial charge on any atom is -0.444 e. The molecule has 0 aromatic heterocycles. The van der Waals surface area contributed by atoms with Crippen molar-refractivity contribution in [1.29, 1.82) is 0 Å². The normalized spacial score (nSPS) is 12.1. The molecule has 2 aromatic carbocycles. The number of para-hydroxylation sites is 1. The van der Waals surface area contributed by atoms with E-state index >= 15 is 0 Å². The van der Waals surface area contributed by atoms with Gasteiger partial charge >= 0.3 is 6.09 Å². The summed E-state index contributed by atoms with van der Waals surface area (Å²) in [6, 6.07) is 14.0. The van der Waals surface area contributed by atoms with E-state index in [9.17, 15) is 14.4 Å². The number of ether oxygens (including phenoxy) is 1. The number of amides is 3. The second kappa shape index (κ2) is 11.7. The summed E-state index contributed by atoms with van der Waals surface area (Å²) in [5, 5.41) is 5.49. The Balaban J connectivity index is 2.36. The zero-order valence-corrected chi connectivity index (χ0v) is 21.3. The summed E-state index contributed by atoms with van der Waals surface area (Å²) in [5.74, 6) is -0.705. The average molecular weight is 468 g/mol. The van der Waals surface area contributed by atoms with Crippen LogP contribution in [0.1, 0.15) is 64.3 Å². The fourth-order valence-electron chi connectivity index (χ4n) is 3.57. The molecular weight excluding hydrogens is 430 g/mol. The quantitative estimate of drug-likeness (QED) is 0.572. The van der Waals surface area contributed by atoms with Gasteiger partial charge < -0.3 is 20.3 Å². The van der Waals surface area contributed by atoms with Gasteiger partial charge in [0.2, 0.25) is 5.91 Å². The predicted octanol–water partition coefficient (Wildman–Crippen LogP) is 5.00. The molecule has 184 valence electrons. The molecular formula is C27H37N3O4. The minimum atomic E-state index is -0.876. The molecule has 7 nitrogen and oxygen atoms in total. The average Bonchev–Trinajstić information content (AvgIpc) is 2.76. The Bertz CT molecular complexity index is 994. The summed E-state index contributed by atoms with van der Waals surface area (Å²) in [4.78, 5) is 40.5. The van der Waals surface area contributed by atoms with Crippen molar-refractivity contribution in [1.82, 2.24) is 10.2 Å². The van der Waals surface area contributed by atoms with E-state index in [4.69, 9.17) is 4.74 Å². The van der Waals surface area contributed by atoms with Crippen LogP contribution in [0.3, 0.4) is 0 Å². The van der Waals surface area contributed by atoms with E-state index in [1.54, 1.807) is 20.8 Å². The molecule has 2 N–H and O–H groups in total. The van der Waals surface area contributed by atoms with E-state index < -0.39 is 17.7 Å². The summed E-state index contributed by atoms with van der Waals surface area (Å²) >= 11 is 0. The van der Waals surface area contributed by atoms with Gasteiger partial charge in [-0.15, -0.1) is 0 Å². The molecule has 1 unspecified atom stereocenters. The number of aryl methyl sites for hydroxylation is 2. The molecule has 34 heavy (non-hydrogen) atoms. The van der Waals surface area contributed by atoms with E-state index in [0.29, 0.717) is 11.3 Å². The second-order valence-corrected chi connectivity index (χ2v) is 9.55. The highest BCUT2D eigenvalue weighted by molar-refractivity contribution is 5.99. The van der Waals surface area contributed by atoms with Crippen LogP contribution in [0.15, 0.2) is 48.5 Å². The highest BCUT2D eigenvalue weighted by Crippen LogP contribution is 2.27. The van der Waals surface area contributed by atoms with Crippen LogP contribution in [-0.2, 0) is 20.7 Å². The van der Waals surface area contributed by atoms with Crippen molar-refractivity contribution in [2.75, 3.05) is 11.9 Å². The number of hydrogen-bond donors (Lipinski definition) is 2. The van der Waals surface area contributed by atoms with Gasteiger partial charge in [0.15, 0.2) is 0 Å². The van der Waals surface area contributed by atoms with E-state index in [-0.39, 0.29) is 24.4 Å². The smallest absolute Gasteiger partial charge is 0.408 e. The predicted molar refractivity (Wildman–Crippen MR) is 135 cm³/mol. The monoisotopic (exact) mass is 467 g/mol. The molecule has 0 aliphatic carbocycles. The summed E-state index contributed by atoms with van der Waals surface area (Å²) in [7, 11) is 0. The zero-order chi connectivity index (χ0) is 25.5. The van der Waals surface area contributed by atoms with Crippen molar-refractivity contribution < 1.29 is 19.1 Å². The fourth-order valence-corrected chi connectivity index (χ4v) is 3.57. The molecule has 2 rings (SSSR count). The molecule has 0 aliphatic rings. The molecule has 0 heterocycles. The highest BCUT2D eigenvalue weighted by atomic mass is 16.6. The lowest BCUT2D eigenvalue weighted by atomic mass is 10.00. The number of rotatable bonds is 8. The summed E-state index contributed by atoms with van der Waals surface area (Å²) < 4.78 is 5.24. The van der Waals surface area contributed by atoms with Gasteiger partial charge in [0.1, 0.15) is 18.2 Å². The van der Waals surface area contributed by atoms with Gasteiger partial charge in [-0.1, -0.05) is 49.4 Å². The third-order valence-electron chi connectivity index (χ3n) is 5.26. The first-order valence-corrected chi connectivity index (χ1v) is 11.7. The SMILES string of the molecule is CCc1ccc(C(C(=O)Nc2ccccc2C)N(C(=O)CNC(=O)OC(C)(C)C)C(C)C)cc1. The molecule has 3 amide bonds. The van der Waals surface area contributed by atoms with Crippen LogP contribution in [0.4, 0.5) is 10.5 Å². The van der Waals surface area contributed by atoms with Crippen molar-refractivity contribution in [2.24, 2.45) is 0 Å². The maximum Gasteiger partial charge on any atom is 0.408 e. The molecule has 0 saturated carbocycles. The van der Waals surface area contributed by atoms with Crippen LogP contribution in [-0.4, -0.2) is 41.0 Å². The van der Waals surface area contributed by atoms with Crippen LogP contribution >= 0.6 is 0 Å². The molecule has 0 aliphatic heterocycles. The molecule has 1 atom stereocenters. The third kappa shape index (κ3) is 7.61. The van der Waals surface area contributed by atoms with Crippen molar-refractivity contribution >= 4 is 23.6 Å². The van der Waals surface area contributed by atoms with Gasteiger partial charge in [0, 0.05) is 11.7 Å². The first-order valence-electron chi connectivity index (χ1n) is 11.7. The Morgan fingerprint density at radius 2 is 1.62 bits per heavy atom. The molecule has 2 aromatic rings. The van der Waals surface area contributed by atoms with Gasteiger partial charge in [-0.2, -0.15) is 0 Å². The third-order valence-corrected chi connectivity index (χ3v) is 5.26. The second-order valence-electron chi connectivity index (χ2n) is 9.55. The molecule has 0 bridgehead atoms. The number of nitrogens with one attached hydrogen (secondary N) is 2. The Labute approximate surface area is 202 Å². The number of nitrogens with zero attached hydrogens (tertiary/aromatic N) is 1. The lowest BCUT2D eigenvalue weighted by Gasteiger charge is -2.35. The number of alkyl carbamates (subject to hydrolysis) is 1. The van der Waals surface area contributed by atoms with E-state index in [2.05, 4.69) is 17.6 Å². The number of anilines is 1. The Morgan fingerprint density at radius 1 is 1.00 bits per heavy atom.